The van der Waals surface area contributed by atoms with Crippen molar-refractivity contribution >= 4 is 34.6 Å². The Morgan fingerprint density at radius 1 is 1.11 bits per heavy atom. The van der Waals surface area contributed by atoms with Gasteiger partial charge in [-0.2, -0.15) is 0 Å². The third-order valence-electron chi connectivity index (χ3n) is 6.18. The molecular formula is C23H22Cl2O2. The van der Waals surface area contributed by atoms with Crippen molar-refractivity contribution in [1.29, 1.82) is 0 Å². The van der Waals surface area contributed by atoms with E-state index in [1.54, 1.807) is 6.07 Å². The number of carbonyl (C=O) groups excluding carboxylic acids is 1. The first-order chi connectivity index (χ1) is 12.8. The van der Waals surface area contributed by atoms with Gasteiger partial charge in [0.05, 0.1) is 15.6 Å². The third-order valence-corrected chi connectivity index (χ3v) is 6.92. The van der Waals surface area contributed by atoms with E-state index in [0.717, 1.165) is 47.9 Å². The van der Waals surface area contributed by atoms with E-state index in [4.69, 9.17) is 23.2 Å². The lowest BCUT2D eigenvalue weighted by Gasteiger charge is -2.31. The van der Waals surface area contributed by atoms with Crippen molar-refractivity contribution in [2.45, 2.75) is 39.5 Å². The molecule has 2 nitrogen and oxygen atoms in total. The Balaban J connectivity index is 1.89. The number of ketones is 1. The van der Waals surface area contributed by atoms with Crippen molar-refractivity contribution in [3.63, 3.8) is 0 Å². The molecule has 0 spiro atoms. The van der Waals surface area contributed by atoms with Crippen molar-refractivity contribution in [2.75, 3.05) is 0 Å². The minimum absolute atomic E-state index is 0.0271. The van der Waals surface area contributed by atoms with Gasteiger partial charge in [0.25, 0.3) is 0 Å². The Bertz CT molecular complexity index is 976. The fourth-order valence-corrected chi connectivity index (χ4v) is 4.83. The van der Waals surface area contributed by atoms with E-state index in [1.165, 1.54) is 0 Å². The van der Waals surface area contributed by atoms with Crippen LogP contribution in [0, 0.1) is 11.3 Å². The minimum Gasteiger partial charge on any atom is -0.511 e. The van der Waals surface area contributed by atoms with Crippen molar-refractivity contribution < 1.29 is 9.90 Å². The number of aryl methyl sites for hydroxylation is 1. The number of benzene rings is 2. The fourth-order valence-electron chi connectivity index (χ4n) is 4.54. The van der Waals surface area contributed by atoms with Crippen LogP contribution in [0.15, 0.2) is 42.2 Å². The van der Waals surface area contributed by atoms with Gasteiger partial charge in [-0.3, -0.25) is 4.79 Å². The summed E-state index contributed by atoms with van der Waals surface area (Å²) in [5.41, 5.74) is 4.05. The predicted octanol–water partition coefficient (Wildman–Crippen LogP) is 6.88. The molecule has 0 aliphatic heterocycles. The molecule has 4 heteroatoms. The van der Waals surface area contributed by atoms with Crippen LogP contribution in [0.4, 0.5) is 0 Å². The summed E-state index contributed by atoms with van der Waals surface area (Å²) < 4.78 is 0. The molecule has 2 atom stereocenters. The van der Waals surface area contributed by atoms with Crippen LogP contribution in [-0.4, -0.2) is 10.9 Å². The summed E-state index contributed by atoms with van der Waals surface area (Å²) in [4.78, 5) is 13.1. The molecule has 140 valence electrons. The molecule has 0 radical (unpaired) electrons. The molecule has 2 aromatic carbocycles. The number of rotatable bonds is 3. The number of fused-ring (bicyclic) bond motifs is 2. The van der Waals surface area contributed by atoms with Crippen molar-refractivity contribution in [1.82, 2.24) is 0 Å². The molecule has 2 aromatic rings. The highest BCUT2D eigenvalue weighted by Gasteiger charge is 2.49. The molecule has 1 N–H and O–H groups in total. The third kappa shape index (κ3) is 2.99. The quantitative estimate of drug-likeness (QED) is 0.609. The molecule has 1 saturated carbocycles. The zero-order valence-electron chi connectivity index (χ0n) is 15.5. The lowest BCUT2D eigenvalue weighted by atomic mass is 9.74. The lowest BCUT2D eigenvalue weighted by Crippen LogP contribution is -2.27. The first-order valence-corrected chi connectivity index (χ1v) is 10.2. The van der Waals surface area contributed by atoms with E-state index in [2.05, 4.69) is 13.8 Å². The Morgan fingerprint density at radius 2 is 1.81 bits per heavy atom. The molecule has 0 aromatic heterocycles. The summed E-state index contributed by atoms with van der Waals surface area (Å²) in [5.74, 6) is 0.380. The summed E-state index contributed by atoms with van der Waals surface area (Å²) in [5, 5.41) is 12.0. The highest BCUT2D eigenvalue weighted by Crippen LogP contribution is 2.54. The molecule has 2 aliphatic rings. The zero-order valence-corrected chi connectivity index (χ0v) is 17.0. The summed E-state index contributed by atoms with van der Waals surface area (Å²) in [7, 11) is 0. The molecule has 0 saturated heterocycles. The SMILES string of the molecule is CCc1ccc(-c2ccc(Cl)c(Cl)c2)cc1C1=C(O)C2(C)CCC(C2)C1=O. The van der Waals surface area contributed by atoms with Gasteiger partial charge in [-0.1, -0.05) is 55.2 Å². The smallest absolute Gasteiger partial charge is 0.169 e. The zero-order chi connectivity index (χ0) is 19.3. The van der Waals surface area contributed by atoms with Crippen molar-refractivity contribution in [3.05, 3.63) is 63.3 Å². The van der Waals surface area contributed by atoms with E-state index in [0.29, 0.717) is 15.6 Å². The molecule has 0 amide bonds. The second-order valence-electron chi connectivity index (χ2n) is 7.94. The highest BCUT2D eigenvalue weighted by atomic mass is 35.5. The number of halogens is 2. The molecule has 2 unspecified atom stereocenters. The Labute approximate surface area is 169 Å². The van der Waals surface area contributed by atoms with Crippen molar-refractivity contribution in [3.8, 4) is 11.1 Å². The lowest BCUT2D eigenvalue weighted by molar-refractivity contribution is -0.118. The second kappa shape index (κ2) is 6.68. The van der Waals surface area contributed by atoms with Crippen LogP contribution < -0.4 is 0 Å². The van der Waals surface area contributed by atoms with E-state index in [9.17, 15) is 9.90 Å². The number of hydrogen-bond donors (Lipinski definition) is 1. The van der Waals surface area contributed by atoms with Gasteiger partial charge in [0, 0.05) is 11.3 Å². The molecule has 2 aliphatic carbocycles. The van der Waals surface area contributed by atoms with Crippen LogP contribution in [0.1, 0.15) is 44.2 Å². The van der Waals surface area contributed by atoms with Gasteiger partial charge in [-0.15, -0.1) is 0 Å². The molecular weight excluding hydrogens is 379 g/mol. The van der Waals surface area contributed by atoms with E-state index >= 15 is 0 Å². The molecule has 27 heavy (non-hydrogen) atoms. The summed E-state index contributed by atoms with van der Waals surface area (Å²) in [6.07, 6.45) is 3.28. The number of carbonyl (C=O) groups is 1. The summed E-state index contributed by atoms with van der Waals surface area (Å²) >= 11 is 12.2. The van der Waals surface area contributed by atoms with Crippen LogP contribution in [0.2, 0.25) is 10.0 Å². The first-order valence-electron chi connectivity index (χ1n) is 9.40. The van der Waals surface area contributed by atoms with Gasteiger partial charge >= 0.3 is 0 Å². The van der Waals surface area contributed by atoms with E-state index < -0.39 is 0 Å². The topological polar surface area (TPSA) is 37.3 Å². The number of hydrogen-bond acceptors (Lipinski definition) is 2. The summed E-state index contributed by atoms with van der Waals surface area (Å²) in [6.45, 7) is 4.14. The van der Waals surface area contributed by atoms with Crippen LogP contribution >= 0.6 is 23.2 Å². The summed E-state index contributed by atoms with van der Waals surface area (Å²) in [6, 6.07) is 11.6. The Morgan fingerprint density at radius 3 is 2.52 bits per heavy atom. The standard InChI is InChI=1S/C23H22Cl2O2/c1-3-13-4-5-14(15-6-7-18(24)19(25)11-15)10-17(13)20-21(26)16-8-9-23(2,12-16)22(20)27/h4-7,10-11,16,27H,3,8-9,12H2,1-2H3. The molecule has 0 heterocycles. The first kappa shape index (κ1) is 18.6. The fraction of sp³-hybridized carbons (Fsp3) is 0.348. The van der Waals surface area contributed by atoms with E-state index in [1.807, 2.05) is 30.3 Å². The number of Topliss-reactive ketones (excluding diaryl/α,β-unsaturated/α-hetero) is 1. The largest absolute Gasteiger partial charge is 0.511 e. The second-order valence-corrected chi connectivity index (χ2v) is 8.76. The van der Waals surface area contributed by atoms with Gasteiger partial charge in [-0.05, 0) is 66.1 Å². The number of aliphatic hydroxyl groups is 1. The average molecular weight is 401 g/mol. The number of aliphatic hydroxyl groups excluding tert-OH is 1. The van der Waals surface area contributed by atoms with Crippen molar-refractivity contribution in [2.24, 2.45) is 11.3 Å². The van der Waals surface area contributed by atoms with Crippen LogP contribution in [-0.2, 0) is 11.2 Å². The van der Waals surface area contributed by atoms with Crippen LogP contribution in [0.5, 0.6) is 0 Å². The highest BCUT2D eigenvalue weighted by molar-refractivity contribution is 6.42. The normalized spacial score (nSPS) is 24.6. The van der Waals surface area contributed by atoms with Crippen LogP contribution in [0.3, 0.4) is 0 Å². The minimum atomic E-state index is -0.279. The molecule has 2 bridgehead atoms. The maximum absolute atomic E-state index is 13.1. The Kier molecular flexibility index (Phi) is 4.60. The number of allylic oxidation sites excluding steroid dienone is 2. The molecule has 1 fully saturated rings. The van der Waals surface area contributed by atoms with Gasteiger partial charge in [0.15, 0.2) is 5.78 Å². The average Bonchev–Trinajstić information content (AvgIpc) is 3.03. The Hall–Kier alpha value is -1.77. The van der Waals surface area contributed by atoms with Gasteiger partial charge < -0.3 is 5.11 Å². The monoisotopic (exact) mass is 400 g/mol. The maximum Gasteiger partial charge on any atom is 0.169 e. The molecule has 4 rings (SSSR count). The van der Waals surface area contributed by atoms with E-state index in [-0.39, 0.29) is 22.9 Å². The van der Waals surface area contributed by atoms with Gasteiger partial charge in [0.1, 0.15) is 5.76 Å². The van der Waals surface area contributed by atoms with Gasteiger partial charge in [0.2, 0.25) is 0 Å². The maximum atomic E-state index is 13.1. The predicted molar refractivity (Wildman–Crippen MR) is 111 cm³/mol. The van der Waals surface area contributed by atoms with Crippen LogP contribution in [0.25, 0.3) is 16.7 Å². The van der Waals surface area contributed by atoms with Gasteiger partial charge in [-0.25, -0.2) is 0 Å².